The number of aryl methyl sites for hydroxylation is 1. The van der Waals surface area contributed by atoms with Gasteiger partial charge in [0.25, 0.3) is 0 Å². The number of rotatable bonds is 14. The minimum atomic E-state index is -0.909. The molecule has 2 atom stereocenters. The monoisotopic (exact) mass is 537 g/mol. The van der Waals surface area contributed by atoms with E-state index in [2.05, 4.69) is 17.6 Å². The average Bonchev–Trinajstić information content (AvgIpc) is 2.78. The molecule has 1 aromatic rings. The molecule has 3 N–H and O–H groups in total. The van der Waals surface area contributed by atoms with Gasteiger partial charge in [-0.15, -0.1) is 0 Å². The van der Waals surface area contributed by atoms with Gasteiger partial charge in [-0.1, -0.05) is 32.3 Å². The summed E-state index contributed by atoms with van der Waals surface area (Å²) in [5, 5.41) is 15.8. The van der Waals surface area contributed by atoms with Gasteiger partial charge in [-0.05, 0) is 89.7 Å². The van der Waals surface area contributed by atoms with Crippen molar-refractivity contribution in [3.8, 4) is 5.75 Å². The number of ether oxygens (including phenoxy) is 1. The quantitative estimate of drug-likeness (QED) is 0.277. The van der Waals surface area contributed by atoms with Crippen LogP contribution in [0, 0.1) is 6.92 Å². The summed E-state index contributed by atoms with van der Waals surface area (Å²) in [6.07, 6.45) is 5.38. The first-order valence-electron chi connectivity index (χ1n) is 13.2. The van der Waals surface area contributed by atoms with E-state index in [0.29, 0.717) is 29.8 Å². The molecule has 0 spiro atoms. The summed E-state index contributed by atoms with van der Waals surface area (Å²) in [7, 11) is 0. The molecule has 8 nitrogen and oxygen atoms in total. The Hall–Kier alpha value is -2.42. The molecular weight excluding hydrogens is 490 g/mol. The van der Waals surface area contributed by atoms with Crippen LogP contribution in [0.4, 0.5) is 4.79 Å². The highest BCUT2D eigenvalue weighted by Gasteiger charge is 2.36. The van der Waals surface area contributed by atoms with Crippen molar-refractivity contribution in [1.82, 2.24) is 15.5 Å². The molecule has 37 heavy (non-hydrogen) atoms. The van der Waals surface area contributed by atoms with Crippen LogP contribution in [-0.4, -0.2) is 64.2 Å². The fourth-order valence-corrected chi connectivity index (χ4v) is 4.37. The van der Waals surface area contributed by atoms with Gasteiger partial charge in [-0.3, -0.25) is 9.59 Å². The summed E-state index contributed by atoms with van der Waals surface area (Å²) < 4.78 is 5.43. The zero-order valence-corrected chi connectivity index (χ0v) is 24.7. The maximum atomic E-state index is 14.1. The molecule has 0 aromatic heterocycles. The molecule has 0 bridgehead atoms. The standard InChI is InChI=1S/C28H47N3O5S/c1-9-10-11-12-16-31(26(34)22(15-17-37-8)30-27(35)36-28(5,6)7)24(25(33)29-19(2)3)21-13-14-23(32)20(4)18-21/h13-14,18-19,22,24,32H,9-12,15-17H2,1-8H3,(H,29,33)(H,30,35). The van der Waals surface area contributed by atoms with E-state index in [-0.39, 0.29) is 23.6 Å². The first kappa shape index (κ1) is 32.6. The minimum Gasteiger partial charge on any atom is -0.508 e. The fraction of sp³-hybridized carbons (Fsp3) is 0.679. The van der Waals surface area contributed by atoms with Gasteiger partial charge >= 0.3 is 6.09 Å². The molecule has 0 aliphatic carbocycles. The number of carbonyl (C=O) groups is 3. The van der Waals surface area contributed by atoms with Crippen molar-refractivity contribution in [3.63, 3.8) is 0 Å². The molecular formula is C28H47N3O5S. The Balaban J connectivity index is 3.49. The molecule has 0 aliphatic heterocycles. The van der Waals surface area contributed by atoms with Crippen LogP contribution in [0.2, 0.25) is 0 Å². The zero-order valence-electron chi connectivity index (χ0n) is 23.8. The van der Waals surface area contributed by atoms with Crippen LogP contribution in [0.5, 0.6) is 5.75 Å². The molecule has 0 saturated heterocycles. The smallest absolute Gasteiger partial charge is 0.408 e. The number of phenols is 1. The highest BCUT2D eigenvalue weighted by atomic mass is 32.2. The van der Waals surface area contributed by atoms with E-state index in [0.717, 1.165) is 25.7 Å². The summed E-state index contributed by atoms with van der Waals surface area (Å²) in [4.78, 5) is 41.9. The summed E-state index contributed by atoms with van der Waals surface area (Å²) in [6, 6.07) is 3.08. The van der Waals surface area contributed by atoms with Crippen molar-refractivity contribution in [1.29, 1.82) is 0 Å². The largest absolute Gasteiger partial charge is 0.508 e. The van der Waals surface area contributed by atoms with Crippen LogP contribution < -0.4 is 10.6 Å². The molecule has 3 amide bonds. The molecule has 0 fully saturated rings. The zero-order chi connectivity index (χ0) is 28.2. The third kappa shape index (κ3) is 11.7. The van der Waals surface area contributed by atoms with Crippen molar-refractivity contribution >= 4 is 29.7 Å². The van der Waals surface area contributed by atoms with Gasteiger partial charge in [-0.25, -0.2) is 4.79 Å². The Morgan fingerprint density at radius 3 is 2.32 bits per heavy atom. The van der Waals surface area contributed by atoms with Crippen LogP contribution in [-0.2, 0) is 14.3 Å². The Labute approximate surface area is 227 Å². The number of amides is 3. The molecule has 0 heterocycles. The SMILES string of the molecule is CCCCCCN(C(=O)C(CCSC)NC(=O)OC(C)(C)C)C(C(=O)NC(C)C)c1ccc(O)c(C)c1. The maximum Gasteiger partial charge on any atom is 0.408 e. The predicted octanol–water partition coefficient (Wildman–Crippen LogP) is 5.32. The molecule has 9 heteroatoms. The minimum absolute atomic E-state index is 0.122. The number of thioether (sulfide) groups is 1. The van der Waals surface area contributed by atoms with Crippen molar-refractivity contribution in [2.24, 2.45) is 0 Å². The van der Waals surface area contributed by atoms with Crippen LogP contribution >= 0.6 is 11.8 Å². The van der Waals surface area contributed by atoms with Gasteiger partial charge in [0.15, 0.2) is 0 Å². The number of benzene rings is 1. The van der Waals surface area contributed by atoms with E-state index < -0.39 is 23.8 Å². The van der Waals surface area contributed by atoms with E-state index in [1.54, 1.807) is 62.6 Å². The lowest BCUT2D eigenvalue weighted by Gasteiger charge is -2.35. The molecule has 0 aliphatic rings. The number of aromatic hydroxyl groups is 1. The normalized spacial score (nSPS) is 13.1. The summed E-state index contributed by atoms with van der Waals surface area (Å²) in [5.74, 6) is 0.143. The summed E-state index contributed by atoms with van der Waals surface area (Å²) >= 11 is 1.58. The number of nitrogens with one attached hydrogen (secondary N) is 2. The van der Waals surface area contributed by atoms with E-state index in [4.69, 9.17) is 4.74 Å². The van der Waals surface area contributed by atoms with E-state index in [1.807, 2.05) is 20.1 Å². The van der Waals surface area contributed by atoms with Gasteiger partial charge < -0.3 is 25.4 Å². The second-order valence-electron chi connectivity index (χ2n) is 10.7. The Morgan fingerprint density at radius 1 is 1.11 bits per heavy atom. The lowest BCUT2D eigenvalue weighted by molar-refractivity contribution is -0.142. The highest BCUT2D eigenvalue weighted by molar-refractivity contribution is 7.98. The lowest BCUT2D eigenvalue weighted by atomic mass is 9.99. The van der Waals surface area contributed by atoms with Crippen LogP contribution in [0.3, 0.4) is 0 Å². The third-order valence-corrected chi connectivity index (χ3v) is 6.31. The number of hydrogen-bond donors (Lipinski definition) is 3. The van der Waals surface area contributed by atoms with Crippen molar-refractivity contribution in [3.05, 3.63) is 29.3 Å². The van der Waals surface area contributed by atoms with Crippen molar-refractivity contribution in [2.45, 2.75) is 104 Å². The Kier molecular flexibility index (Phi) is 13.9. The first-order chi connectivity index (χ1) is 17.3. The summed E-state index contributed by atoms with van der Waals surface area (Å²) in [6.45, 7) is 13.3. The van der Waals surface area contributed by atoms with Crippen LogP contribution in [0.15, 0.2) is 18.2 Å². The number of unbranched alkanes of at least 4 members (excludes halogenated alkanes) is 3. The van der Waals surface area contributed by atoms with Crippen molar-refractivity contribution in [2.75, 3.05) is 18.6 Å². The number of phenolic OH excluding ortho intramolecular Hbond substituents is 1. The lowest BCUT2D eigenvalue weighted by Crippen LogP contribution is -2.54. The fourth-order valence-electron chi connectivity index (χ4n) is 3.90. The van der Waals surface area contributed by atoms with E-state index >= 15 is 0 Å². The topological polar surface area (TPSA) is 108 Å². The number of carbonyl (C=O) groups excluding carboxylic acids is 3. The van der Waals surface area contributed by atoms with Crippen LogP contribution in [0.1, 0.15) is 90.8 Å². The molecule has 210 valence electrons. The highest BCUT2D eigenvalue weighted by Crippen LogP contribution is 2.28. The van der Waals surface area contributed by atoms with E-state index in [1.165, 1.54) is 0 Å². The molecule has 0 radical (unpaired) electrons. The molecule has 1 aromatic carbocycles. The number of nitrogens with zero attached hydrogens (tertiary/aromatic N) is 1. The average molecular weight is 538 g/mol. The molecule has 0 saturated carbocycles. The second-order valence-corrected chi connectivity index (χ2v) is 11.7. The molecule has 2 unspecified atom stereocenters. The Bertz CT molecular complexity index is 885. The first-order valence-corrected chi connectivity index (χ1v) is 14.6. The van der Waals surface area contributed by atoms with Gasteiger partial charge in [0.2, 0.25) is 11.8 Å². The summed E-state index contributed by atoms with van der Waals surface area (Å²) in [5.41, 5.74) is 0.516. The Morgan fingerprint density at radius 2 is 1.78 bits per heavy atom. The number of alkyl carbamates (subject to hydrolysis) is 1. The van der Waals surface area contributed by atoms with Gasteiger partial charge in [0.1, 0.15) is 23.4 Å². The van der Waals surface area contributed by atoms with Crippen molar-refractivity contribution < 1.29 is 24.2 Å². The number of hydrogen-bond acceptors (Lipinski definition) is 6. The molecule has 1 rings (SSSR count). The third-order valence-electron chi connectivity index (χ3n) is 5.66. The van der Waals surface area contributed by atoms with Gasteiger partial charge in [0, 0.05) is 12.6 Å². The van der Waals surface area contributed by atoms with Gasteiger partial charge in [0.05, 0.1) is 0 Å². The van der Waals surface area contributed by atoms with E-state index in [9.17, 15) is 19.5 Å². The van der Waals surface area contributed by atoms with Gasteiger partial charge in [-0.2, -0.15) is 11.8 Å². The maximum absolute atomic E-state index is 14.1. The van der Waals surface area contributed by atoms with Crippen LogP contribution in [0.25, 0.3) is 0 Å². The predicted molar refractivity (Wildman–Crippen MR) is 151 cm³/mol. The second kappa shape index (κ2) is 15.7.